The number of amides is 1. The zero-order valence-electron chi connectivity index (χ0n) is 16.9. The molecule has 3 heterocycles. The maximum absolute atomic E-state index is 12.4. The van der Waals surface area contributed by atoms with E-state index in [0.717, 1.165) is 83.5 Å². The third-order valence-corrected chi connectivity index (χ3v) is 5.71. The second kappa shape index (κ2) is 9.93. The minimum Gasteiger partial charge on any atom is -0.368 e. The maximum atomic E-state index is 12.4. The van der Waals surface area contributed by atoms with Gasteiger partial charge in [-0.1, -0.05) is 36.8 Å². The number of piperazine rings is 1. The van der Waals surface area contributed by atoms with Crippen molar-refractivity contribution in [2.45, 2.75) is 44.8 Å². The van der Waals surface area contributed by atoms with Crippen molar-refractivity contribution in [2.24, 2.45) is 0 Å². The van der Waals surface area contributed by atoms with E-state index >= 15 is 0 Å². The zero-order chi connectivity index (χ0) is 19.9. The summed E-state index contributed by atoms with van der Waals surface area (Å²) >= 11 is 0. The van der Waals surface area contributed by atoms with E-state index in [2.05, 4.69) is 20.3 Å². The normalized spacial score (nSPS) is 20.3. The number of benzene rings is 1. The number of hydrogen-bond donors (Lipinski definition) is 0. The Balaban J connectivity index is 1.10. The molecule has 156 valence electrons. The summed E-state index contributed by atoms with van der Waals surface area (Å²) in [4.78, 5) is 18.5. The second-order valence-corrected chi connectivity index (χ2v) is 7.80. The lowest BCUT2D eigenvalue weighted by Crippen LogP contribution is -2.51. The molecule has 2 aromatic rings. The zero-order valence-corrected chi connectivity index (χ0v) is 16.9. The number of tetrazole rings is 1. The number of carbonyl (C=O) groups is 1. The van der Waals surface area contributed by atoms with E-state index in [-0.39, 0.29) is 12.0 Å². The van der Waals surface area contributed by atoms with Gasteiger partial charge in [0.25, 0.3) is 5.91 Å². The highest BCUT2D eigenvalue weighted by Crippen LogP contribution is 2.16. The molecule has 29 heavy (non-hydrogen) atoms. The summed E-state index contributed by atoms with van der Waals surface area (Å²) in [6.45, 7) is 6.18. The monoisotopic (exact) mass is 398 g/mol. The van der Waals surface area contributed by atoms with Gasteiger partial charge in [-0.2, -0.15) is 4.80 Å². The van der Waals surface area contributed by atoms with Crippen molar-refractivity contribution in [3.8, 4) is 11.4 Å². The van der Waals surface area contributed by atoms with Gasteiger partial charge < -0.3 is 9.64 Å². The van der Waals surface area contributed by atoms with Gasteiger partial charge in [-0.05, 0) is 37.4 Å². The molecule has 2 fully saturated rings. The van der Waals surface area contributed by atoms with E-state index in [0.29, 0.717) is 5.82 Å². The number of unbranched alkanes of at least 4 members (excludes halogenated alkanes) is 2. The van der Waals surface area contributed by atoms with Crippen molar-refractivity contribution in [3.05, 3.63) is 30.3 Å². The number of nitrogens with zero attached hydrogens (tertiary/aromatic N) is 6. The lowest BCUT2D eigenvalue weighted by atomic mass is 10.2. The Kier molecular flexibility index (Phi) is 6.84. The van der Waals surface area contributed by atoms with E-state index < -0.39 is 0 Å². The van der Waals surface area contributed by atoms with Crippen molar-refractivity contribution in [1.29, 1.82) is 0 Å². The molecule has 2 aliphatic rings. The number of hydrogen-bond acceptors (Lipinski definition) is 6. The van der Waals surface area contributed by atoms with Crippen LogP contribution in [0.15, 0.2) is 30.3 Å². The predicted molar refractivity (Wildman–Crippen MR) is 109 cm³/mol. The van der Waals surface area contributed by atoms with Gasteiger partial charge in [-0.15, -0.1) is 10.2 Å². The Morgan fingerprint density at radius 2 is 1.83 bits per heavy atom. The average molecular weight is 399 g/mol. The molecule has 0 spiro atoms. The van der Waals surface area contributed by atoms with Crippen LogP contribution < -0.4 is 0 Å². The summed E-state index contributed by atoms with van der Waals surface area (Å²) in [6.07, 6.45) is 5.04. The molecule has 1 amide bonds. The highest BCUT2D eigenvalue weighted by atomic mass is 16.5. The lowest BCUT2D eigenvalue weighted by molar-refractivity contribution is -0.142. The van der Waals surface area contributed by atoms with Crippen molar-refractivity contribution in [1.82, 2.24) is 30.0 Å². The van der Waals surface area contributed by atoms with Crippen LogP contribution in [0.5, 0.6) is 0 Å². The van der Waals surface area contributed by atoms with Crippen LogP contribution in [0.2, 0.25) is 0 Å². The average Bonchev–Trinajstić information content (AvgIpc) is 3.47. The Morgan fingerprint density at radius 1 is 1.03 bits per heavy atom. The summed E-state index contributed by atoms with van der Waals surface area (Å²) in [5.41, 5.74) is 0.996. The standard InChI is InChI=1S/C21H30N6O2/c28-21(19-10-7-17-29-19)26-15-13-25(14-16-26)11-5-2-6-12-27-23-20(22-24-27)18-8-3-1-4-9-18/h1,3-4,8-9,19H,2,5-7,10-17H2. The highest BCUT2D eigenvalue weighted by Gasteiger charge is 2.30. The molecule has 8 heteroatoms. The number of aryl methyl sites for hydroxylation is 1. The van der Waals surface area contributed by atoms with E-state index in [4.69, 9.17) is 4.74 Å². The van der Waals surface area contributed by atoms with Gasteiger partial charge in [-0.25, -0.2) is 0 Å². The topological polar surface area (TPSA) is 76.4 Å². The van der Waals surface area contributed by atoms with E-state index in [1.165, 1.54) is 0 Å². The summed E-state index contributed by atoms with van der Waals surface area (Å²) in [5, 5.41) is 12.8. The van der Waals surface area contributed by atoms with E-state index in [1.807, 2.05) is 35.2 Å². The second-order valence-electron chi connectivity index (χ2n) is 7.80. The molecule has 0 aliphatic carbocycles. The molecular formula is C21H30N6O2. The van der Waals surface area contributed by atoms with Crippen LogP contribution in [0.4, 0.5) is 0 Å². The Morgan fingerprint density at radius 3 is 2.59 bits per heavy atom. The van der Waals surface area contributed by atoms with Crippen LogP contribution in [0, 0.1) is 0 Å². The summed E-state index contributed by atoms with van der Waals surface area (Å²) in [7, 11) is 0. The Hall–Kier alpha value is -2.32. The number of rotatable bonds is 8. The van der Waals surface area contributed by atoms with Crippen LogP contribution in [-0.4, -0.2) is 81.3 Å². The third-order valence-electron chi connectivity index (χ3n) is 5.71. The molecule has 1 unspecified atom stereocenters. The fourth-order valence-corrected chi connectivity index (χ4v) is 3.97. The summed E-state index contributed by atoms with van der Waals surface area (Å²) in [5.74, 6) is 0.873. The Labute approximate surface area is 171 Å². The van der Waals surface area contributed by atoms with Gasteiger partial charge >= 0.3 is 0 Å². The van der Waals surface area contributed by atoms with Gasteiger partial charge in [0.05, 0.1) is 6.54 Å². The molecule has 1 atom stereocenters. The molecule has 4 rings (SSSR count). The third kappa shape index (κ3) is 5.39. The van der Waals surface area contributed by atoms with Crippen LogP contribution in [0.1, 0.15) is 32.1 Å². The molecule has 2 aliphatic heterocycles. The van der Waals surface area contributed by atoms with E-state index in [1.54, 1.807) is 4.80 Å². The quantitative estimate of drug-likeness (QED) is 0.632. The first-order valence-electron chi connectivity index (χ1n) is 10.8. The number of carbonyl (C=O) groups excluding carboxylic acids is 1. The molecule has 0 saturated carbocycles. The molecule has 1 aromatic heterocycles. The molecule has 0 N–H and O–H groups in total. The Bertz CT molecular complexity index is 766. The van der Waals surface area contributed by atoms with Gasteiger partial charge in [0.15, 0.2) is 0 Å². The molecule has 1 aromatic carbocycles. The van der Waals surface area contributed by atoms with Crippen LogP contribution >= 0.6 is 0 Å². The summed E-state index contributed by atoms with van der Waals surface area (Å²) in [6, 6.07) is 9.93. The first-order valence-corrected chi connectivity index (χ1v) is 10.8. The molecule has 2 saturated heterocycles. The van der Waals surface area contributed by atoms with E-state index in [9.17, 15) is 4.79 Å². The fraction of sp³-hybridized carbons (Fsp3) is 0.619. The summed E-state index contributed by atoms with van der Waals surface area (Å²) < 4.78 is 5.53. The molecule has 0 bridgehead atoms. The molecule has 0 radical (unpaired) electrons. The van der Waals surface area contributed by atoms with Crippen molar-refractivity contribution >= 4 is 5.91 Å². The van der Waals surface area contributed by atoms with Crippen LogP contribution in [0.3, 0.4) is 0 Å². The minimum absolute atomic E-state index is 0.186. The van der Waals surface area contributed by atoms with Crippen molar-refractivity contribution in [3.63, 3.8) is 0 Å². The highest BCUT2D eigenvalue weighted by molar-refractivity contribution is 5.81. The number of aromatic nitrogens is 4. The first-order chi connectivity index (χ1) is 14.3. The first kappa shape index (κ1) is 20.0. The van der Waals surface area contributed by atoms with Crippen LogP contribution in [0.25, 0.3) is 11.4 Å². The van der Waals surface area contributed by atoms with Gasteiger partial charge in [0.2, 0.25) is 5.82 Å². The predicted octanol–water partition coefficient (Wildman–Crippen LogP) is 1.83. The molecular weight excluding hydrogens is 368 g/mol. The van der Waals surface area contributed by atoms with Gasteiger partial charge in [0, 0.05) is 38.3 Å². The van der Waals surface area contributed by atoms with Gasteiger partial charge in [0.1, 0.15) is 6.10 Å². The van der Waals surface area contributed by atoms with Crippen molar-refractivity contribution < 1.29 is 9.53 Å². The maximum Gasteiger partial charge on any atom is 0.251 e. The largest absolute Gasteiger partial charge is 0.368 e. The molecule has 8 nitrogen and oxygen atoms in total. The fourth-order valence-electron chi connectivity index (χ4n) is 3.97. The minimum atomic E-state index is -0.186. The van der Waals surface area contributed by atoms with Crippen molar-refractivity contribution in [2.75, 3.05) is 39.3 Å². The lowest BCUT2D eigenvalue weighted by Gasteiger charge is -2.35. The number of ether oxygens (including phenoxy) is 1. The van der Waals surface area contributed by atoms with Crippen LogP contribution in [-0.2, 0) is 16.1 Å². The smallest absolute Gasteiger partial charge is 0.251 e. The SMILES string of the molecule is O=C(C1CCCO1)N1CCN(CCCCCn2nnc(-c3ccccc3)n2)CC1. The van der Waals surface area contributed by atoms with Gasteiger partial charge in [-0.3, -0.25) is 9.69 Å².